The number of carbonyl (C=O) groups is 4. The van der Waals surface area contributed by atoms with Gasteiger partial charge in [-0.3, -0.25) is 19.2 Å². The van der Waals surface area contributed by atoms with Crippen LogP contribution in [0.4, 0.5) is 0 Å². The van der Waals surface area contributed by atoms with Gasteiger partial charge in [0.25, 0.3) is 0 Å². The van der Waals surface area contributed by atoms with Gasteiger partial charge >= 0.3 is 11.9 Å². The van der Waals surface area contributed by atoms with Gasteiger partial charge in [0.15, 0.2) is 0 Å². The largest absolute Gasteiger partial charge is 0.465 e. The number of rotatable bonds is 20. The molecule has 38 heavy (non-hydrogen) atoms. The third-order valence-electron chi connectivity index (χ3n) is 6.12. The fourth-order valence-electron chi connectivity index (χ4n) is 3.03. The van der Waals surface area contributed by atoms with Crippen molar-refractivity contribution in [1.29, 1.82) is 0 Å². The Labute approximate surface area is 222 Å². The van der Waals surface area contributed by atoms with E-state index in [1.165, 1.54) is 0 Å². The van der Waals surface area contributed by atoms with Crippen molar-refractivity contribution < 1.29 is 59.3 Å². The molecule has 0 spiro atoms. The second kappa shape index (κ2) is 18.0. The summed E-state index contributed by atoms with van der Waals surface area (Å²) >= 11 is 0. The van der Waals surface area contributed by atoms with E-state index in [-0.39, 0.29) is 38.7 Å². The second-order valence-corrected chi connectivity index (χ2v) is 9.69. The summed E-state index contributed by atoms with van der Waals surface area (Å²) < 4.78 is 10.5. The van der Waals surface area contributed by atoms with Crippen LogP contribution in [-0.2, 0) is 28.7 Å². The molecule has 0 aliphatic carbocycles. The van der Waals surface area contributed by atoms with Crippen LogP contribution in [0.25, 0.3) is 0 Å². The lowest BCUT2D eigenvalue weighted by Gasteiger charge is -2.28. The number of esters is 2. The van der Waals surface area contributed by atoms with Crippen molar-refractivity contribution in [3.05, 3.63) is 0 Å². The molecule has 0 heterocycles. The van der Waals surface area contributed by atoms with Crippen molar-refractivity contribution >= 4 is 23.8 Å². The molecule has 222 valence electrons. The molecule has 14 heteroatoms. The van der Waals surface area contributed by atoms with E-state index >= 15 is 0 Å². The average molecular weight is 553 g/mol. The Morgan fingerprint density at radius 1 is 0.632 bits per heavy atom. The molecule has 8 N–H and O–H groups in total. The van der Waals surface area contributed by atoms with Crippen LogP contribution in [0.1, 0.15) is 52.9 Å². The highest BCUT2D eigenvalue weighted by molar-refractivity contribution is 5.79. The number of carbonyl (C=O) groups excluding carboxylic acids is 4. The molecule has 0 rings (SSSR count). The normalized spacial score (nSPS) is 14.2. The second-order valence-electron chi connectivity index (χ2n) is 9.69. The molecule has 0 saturated carbocycles. The number of aliphatic hydroxyl groups excluding tert-OH is 6. The Bertz CT molecular complexity index is 723. The maximum absolute atomic E-state index is 12.3. The van der Waals surface area contributed by atoms with Crippen LogP contribution in [0, 0.1) is 11.8 Å². The van der Waals surface area contributed by atoms with E-state index in [2.05, 4.69) is 10.6 Å². The minimum atomic E-state index is -1.54. The summed E-state index contributed by atoms with van der Waals surface area (Å²) in [4.78, 5) is 48.5. The summed E-state index contributed by atoms with van der Waals surface area (Å²) in [6.07, 6.45) is -0.289. The topological polar surface area (TPSA) is 232 Å². The van der Waals surface area contributed by atoms with Crippen molar-refractivity contribution in [3.8, 4) is 0 Å². The summed E-state index contributed by atoms with van der Waals surface area (Å²) in [6, 6.07) is 0. The van der Waals surface area contributed by atoms with Crippen LogP contribution >= 0.6 is 0 Å². The van der Waals surface area contributed by atoms with Gasteiger partial charge in [-0.2, -0.15) is 0 Å². The standard InChI is InChI=1S/C24H44N2O12/c1-16(4-6-19(33)25-23(10-27,11-28)12-29)21(35)37-9-8-18(3)38-22(36)17(2)5-7-20(34)26-24(13-30,14-31)15-32/h16-18,27-32H,4-15H2,1-3H3,(H,25,33)(H,26,34). The van der Waals surface area contributed by atoms with Gasteiger partial charge in [-0.25, -0.2) is 0 Å². The molecule has 0 radical (unpaired) electrons. The lowest BCUT2D eigenvalue weighted by Crippen LogP contribution is -2.57. The number of hydrogen-bond donors (Lipinski definition) is 8. The molecule has 3 unspecified atom stereocenters. The van der Waals surface area contributed by atoms with E-state index in [0.717, 1.165) is 0 Å². The first-order valence-electron chi connectivity index (χ1n) is 12.5. The van der Waals surface area contributed by atoms with Crippen LogP contribution in [0.3, 0.4) is 0 Å². The Morgan fingerprint density at radius 2 is 1.00 bits per heavy atom. The minimum Gasteiger partial charge on any atom is -0.465 e. The summed E-state index contributed by atoms with van der Waals surface area (Å²) in [5.74, 6) is -3.48. The summed E-state index contributed by atoms with van der Waals surface area (Å²) in [7, 11) is 0. The van der Waals surface area contributed by atoms with Gasteiger partial charge in [0.1, 0.15) is 17.2 Å². The van der Waals surface area contributed by atoms with Crippen molar-refractivity contribution in [1.82, 2.24) is 10.6 Å². The highest BCUT2D eigenvalue weighted by atomic mass is 16.6. The van der Waals surface area contributed by atoms with Gasteiger partial charge in [-0.15, -0.1) is 0 Å². The maximum atomic E-state index is 12.3. The van der Waals surface area contributed by atoms with Gasteiger partial charge < -0.3 is 50.7 Å². The maximum Gasteiger partial charge on any atom is 0.308 e. The van der Waals surface area contributed by atoms with E-state index in [1.807, 2.05) is 0 Å². The third-order valence-corrected chi connectivity index (χ3v) is 6.12. The SMILES string of the molecule is CC(CCOC(=O)C(C)CCC(=O)NC(CO)(CO)CO)OC(=O)C(C)CCC(=O)NC(CO)(CO)CO. The molecule has 0 aromatic heterocycles. The molecule has 0 bridgehead atoms. The minimum absolute atomic E-state index is 0.0329. The highest BCUT2D eigenvalue weighted by Gasteiger charge is 2.31. The van der Waals surface area contributed by atoms with Crippen LogP contribution in [0.5, 0.6) is 0 Å². The average Bonchev–Trinajstić information content (AvgIpc) is 2.91. The van der Waals surface area contributed by atoms with Crippen molar-refractivity contribution in [2.24, 2.45) is 11.8 Å². The van der Waals surface area contributed by atoms with E-state index in [0.29, 0.717) is 0 Å². The zero-order valence-corrected chi connectivity index (χ0v) is 22.4. The number of hydrogen-bond acceptors (Lipinski definition) is 12. The Balaban J connectivity index is 4.35. The predicted octanol–water partition coefficient (Wildman–Crippen LogP) is -2.65. The molecule has 0 saturated heterocycles. The first-order valence-corrected chi connectivity index (χ1v) is 12.5. The lowest BCUT2D eigenvalue weighted by molar-refractivity contribution is -0.155. The Hall–Kier alpha value is -2.36. The van der Waals surface area contributed by atoms with Crippen LogP contribution in [-0.4, -0.2) is 118 Å². The molecule has 0 aromatic carbocycles. The predicted molar refractivity (Wildman–Crippen MR) is 132 cm³/mol. The number of amides is 2. The lowest BCUT2D eigenvalue weighted by atomic mass is 10.0. The number of nitrogens with one attached hydrogen (secondary N) is 2. The van der Waals surface area contributed by atoms with Crippen LogP contribution in [0.15, 0.2) is 0 Å². The molecule has 3 atom stereocenters. The first-order chi connectivity index (χ1) is 17.9. The fraction of sp³-hybridized carbons (Fsp3) is 0.833. The molecule has 14 nitrogen and oxygen atoms in total. The summed E-state index contributed by atoms with van der Waals surface area (Å²) in [5, 5.41) is 60.2. The highest BCUT2D eigenvalue weighted by Crippen LogP contribution is 2.13. The first kappa shape index (κ1) is 35.6. The van der Waals surface area contributed by atoms with Gasteiger partial charge in [0.2, 0.25) is 11.8 Å². The molecule has 0 aliphatic heterocycles. The van der Waals surface area contributed by atoms with Crippen molar-refractivity contribution in [2.45, 2.75) is 70.1 Å². The Morgan fingerprint density at radius 3 is 1.37 bits per heavy atom. The molecule has 0 aliphatic rings. The molecule has 0 fully saturated rings. The zero-order chi connectivity index (χ0) is 29.4. The third kappa shape index (κ3) is 12.5. The van der Waals surface area contributed by atoms with Crippen molar-refractivity contribution in [2.75, 3.05) is 46.2 Å². The van der Waals surface area contributed by atoms with Crippen LogP contribution < -0.4 is 10.6 Å². The fourth-order valence-corrected chi connectivity index (χ4v) is 3.03. The quantitative estimate of drug-likeness (QED) is 0.0724. The van der Waals surface area contributed by atoms with E-state index in [1.54, 1.807) is 20.8 Å². The number of aliphatic hydroxyl groups is 6. The molecular formula is C24H44N2O12. The monoisotopic (exact) mass is 552 g/mol. The summed E-state index contributed by atoms with van der Waals surface area (Å²) in [6.45, 7) is 0.813. The summed E-state index contributed by atoms with van der Waals surface area (Å²) in [5.41, 5.74) is -3.08. The van der Waals surface area contributed by atoms with E-state index < -0.39 is 92.4 Å². The van der Waals surface area contributed by atoms with Gasteiger partial charge in [0.05, 0.1) is 58.1 Å². The van der Waals surface area contributed by atoms with Gasteiger partial charge in [-0.05, 0) is 19.8 Å². The molecule has 2 amide bonds. The Kier molecular flexibility index (Phi) is 16.9. The number of ether oxygens (including phenoxy) is 2. The van der Waals surface area contributed by atoms with Gasteiger partial charge in [-0.1, -0.05) is 13.8 Å². The van der Waals surface area contributed by atoms with E-state index in [4.69, 9.17) is 9.47 Å². The van der Waals surface area contributed by atoms with Gasteiger partial charge in [0, 0.05) is 19.3 Å². The zero-order valence-electron chi connectivity index (χ0n) is 22.4. The molecular weight excluding hydrogens is 508 g/mol. The van der Waals surface area contributed by atoms with Crippen LogP contribution in [0.2, 0.25) is 0 Å². The smallest absolute Gasteiger partial charge is 0.308 e. The van der Waals surface area contributed by atoms with Crippen molar-refractivity contribution in [3.63, 3.8) is 0 Å². The van der Waals surface area contributed by atoms with E-state index in [9.17, 15) is 49.8 Å². The molecule has 0 aromatic rings.